The van der Waals surface area contributed by atoms with E-state index in [0.29, 0.717) is 44.9 Å². The van der Waals surface area contributed by atoms with Gasteiger partial charge < -0.3 is 35.4 Å². The summed E-state index contributed by atoms with van der Waals surface area (Å²) < 4.78 is 32.7. The number of Topliss-reactive ketones (excluding diaryl/α,β-unsaturated/α-hetero) is 1. The highest BCUT2D eigenvalue weighted by molar-refractivity contribution is 7.47. The number of hydrogen-bond acceptors (Lipinski definition) is 12. The maximum Gasteiger partial charge on any atom is 0.472 e. The first-order chi connectivity index (χ1) is 29.3. The quantitative estimate of drug-likeness (QED) is 0.0169. The minimum absolute atomic E-state index is 0.00499. The van der Waals surface area contributed by atoms with Crippen molar-refractivity contribution >= 4 is 31.5 Å². The van der Waals surface area contributed by atoms with Crippen LogP contribution in [0.15, 0.2) is 48.6 Å². The molecule has 1 rings (SSSR count). The third-order valence-electron chi connectivity index (χ3n) is 10.4. The molecule has 15 heteroatoms. The fraction of sp³-hybridized carbons (Fsp3) is 0.739. The summed E-state index contributed by atoms with van der Waals surface area (Å²) in [6, 6.07) is -1.57. The molecule has 1 aliphatic rings. The summed E-state index contributed by atoms with van der Waals surface area (Å²) in [7, 11) is -4.80. The third-order valence-corrected chi connectivity index (χ3v) is 11.4. The van der Waals surface area contributed by atoms with E-state index in [0.717, 1.165) is 44.9 Å². The van der Waals surface area contributed by atoms with Crippen LogP contribution in [0.5, 0.6) is 0 Å². The van der Waals surface area contributed by atoms with Crippen LogP contribution in [0.25, 0.3) is 0 Å². The van der Waals surface area contributed by atoms with Gasteiger partial charge in [-0.1, -0.05) is 133 Å². The number of hydrogen-bond donors (Lipinski definition) is 5. The lowest BCUT2D eigenvalue weighted by atomic mass is 9.88. The van der Waals surface area contributed by atoms with Gasteiger partial charge in [-0.3, -0.25) is 28.2 Å². The van der Waals surface area contributed by atoms with Gasteiger partial charge in [0.05, 0.1) is 25.4 Å². The van der Waals surface area contributed by atoms with E-state index < -0.39 is 69.9 Å². The van der Waals surface area contributed by atoms with Gasteiger partial charge in [0.25, 0.3) is 0 Å². The fourth-order valence-corrected chi connectivity index (χ4v) is 7.58. The van der Waals surface area contributed by atoms with Gasteiger partial charge in [-0.15, -0.1) is 0 Å². The number of aliphatic hydroxyl groups is 2. The van der Waals surface area contributed by atoms with E-state index in [2.05, 4.69) is 42.7 Å². The molecule has 0 aromatic rings. The average Bonchev–Trinajstić information content (AvgIpc) is 3.49. The van der Waals surface area contributed by atoms with Crippen LogP contribution >= 0.6 is 7.82 Å². The first kappa shape index (κ1) is 56.0. The van der Waals surface area contributed by atoms with Crippen LogP contribution in [0.3, 0.4) is 0 Å². The number of aliphatic carboxylic acids is 1. The SMILES string of the molecule is CCCCCCCC/C=C\C/C=C\C/C=C\CCCC(=O)OC[C@H](COP(=O)(O)OC[C@H](N)C(=O)O)OC(=O)CCCCCC[C@H]1C(=O)C[C@@H](O)[C@@H]1/C=C/[C@@H](O)CCCCC. The van der Waals surface area contributed by atoms with Gasteiger partial charge >= 0.3 is 25.7 Å². The van der Waals surface area contributed by atoms with Crippen LogP contribution in [0.2, 0.25) is 0 Å². The molecule has 7 atom stereocenters. The number of aliphatic hydroxyl groups excluding tert-OH is 2. The second-order valence-electron chi connectivity index (χ2n) is 16.0. The number of phosphoric ester groups is 1. The Kier molecular flexibility index (Phi) is 32.6. The number of phosphoric acid groups is 1. The second-order valence-corrected chi connectivity index (χ2v) is 17.4. The third kappa shape index (κ3) is 29.9. The molecular weight excluding hydrogens is 805 g/mol. The van der Waals surface area contributed by atoms with Crippen LogP contribution < -0.4 is 5.73 Å². The standard InChI is InChI=1S/C46H78NO13P/c1-3-5-7-8-9-10-11-12-13-14-15-16-17-18-19-20-25-29-44(51)57-34-38(35-58-61(55,56)59-36-41(47)46(53)54)60-45(52)30-26-22-21-24-28-39-40(43(50)33-42(39)49)32-31-37(48)27-23-6-4-2/h12-13,15-16,18-19,31-32,37-41,43,48,50H,3-11,14,17,20-30,33-36,47H2,1-2H3,(H,53,54)(H,55,56)/b13-12-,16-15-,19-18-,32-31+/t37-,38+,39+,40+,41-,43+/m0/s1. The van der Waals surface area contributed by atoms with Gasteiger partial charge in [0.1, 0.15) is 18.4 Å². The van der Waals surface area contributed by atoms with Gasteiger partial charge in [-0.25, -0.2) is 4.57 Å². The molecule has 6 N–H and O–H groups in total. The molecule has 14 nitrogen and oxygen atoms in total. The Balaban J connectivity index is 2.50. The highest BCUT2D eigenvalue weighted by Gasteiger charge is 2.39. The number of carboxylic acids is 1. The first-order valence-electron chi connectivity index (χ1n) is 22.8. The minimum atomic E-state index is -4.80. The van der Waals surface area contributed by atoms with Crippen LogP contribution in [-0.4, -0.2) is 88.1 Å². The predicted octanol–water partition coefficient (Wildman–Crippen LogP) is 8.76. The Bertz CT molecular complexity index is 1380. The molecular formula is C46H78NO13P. The fourth-order valence-electron chi connectivity index (χ4n) is 6.80. The lowest BCUT2D eigenvalue weighted by Gasteiger charge is -2.20. The van der Waals surface area contributed by atoms with E-state index in [1.54, 1.807) is 12.2 Å². The Morgan fingerprint density at radius 1 is 0.770 bits per heavy atom. The van der Waals surface area contributed by atoms with Crippen LogP contribution in [0.1, 0.15) is 162 Å². The van der Waals surface area contributed by atoms with E-state index in [9.17, 15) is 38.8 Å². The van der Waals surface area contributed by atoms with Crippen molar-refractivity contribution in [3.63, 3.8) is 0 Å². The first-order valence-corrected chi connectivity index (χ1v) is 24.3. The number of unbranched alkanes of at least 4 members (excludes halogenated alkanes) is 12. The largest absolute Gasteiger partial charge is 0.480 e. The summed E-state index contributed by atoms with van der Waals surface area (Å²) in [5.41, 5.74) is 5.33. The van der Waals surface area contributed by atoms with Crippen molar-refractivity contribution in [2.75, 3.05) is 19.8 Å². The van der Waals surface area contributed by atoms with Crippen molar-refractivity contribution in [1.82, 2.24) is 0 Å². The molecule has 0 bridgehead atoms. The zero-order valence-corrected chi connectivity index (χ0v) is 37.8. The van der Waals surface area contributed by atoms with Crippen molar-refractivity contribution in [2.24, 2.45) is 17.6 Å². The maximum atomic E-state index is 12.8. The van der Waals surface area contributed by atoms with Crippen molar-refractivity contribution in [2.45, 2.75) is 186 Å². The van der Waals surface area contributed by atoms with Gasteiger partial charge in [-0.05, 0) is 57.8 Å². The number of ether oxygens (including phenoxy) is 2. The molecule has 0 spiro atoms. The van der Waals surface area contributed by atoms with E-state index in [1.807, 2.05) is 12.2 Å². The van der Waals surface area contributed by atoms with E-state index in [1.165, 1.54) is 38.5 Å². The minimum Gasteiger partial charge on any atom is -0.480 e. The molecule has 0 aromatic heterocycles. The summed E-state index contributed by atoms with van der Waals surface area (Å²) in [6.45, 7) is 2.40. The number of rotatable bonds is 38. The summed E-state index contributed by atoms with van der Waals surface area (Å²) >= 11 is 0. The number of carboxylic acid groups (broad SMARTS) is 1. The molecule has 1 aliphatic carbocycles. The molecule has 0 aromatic carbocycles. The Morgan fingerprint density at radius 3 is 2.03 bits per heavy atom. The second kappa shape index (κ2) is 35.5. The molecule has 1 unspecified atom stereocenters. The molecule has 0 heterocycles. The Morgan fingerprint density at radius 2 is 1.34 bits per heavy atom. The molecule has 0 amide bonds. The highest BCUT2D eigenvalue weighted by atomic mass is 31.2. The summed E-state index contributed by atoms with van der Waals surface area (Å²) in [6.07, 6.45) is 32.3. The number of ketones is 1. The molecule has 1 saturated carbocycles. The number of esters is 2. The van der Waals surface area contributed by atoms with Crippen LogP contribution in [0.4, 0.5) is 0 Å². The number of carbonyl (C=O) groups excluding carboxylic acids is 3. The number of allylic oxidation sites excluding steroid dienone is 6. The summed E-state index contributed by atoms with van der Waals surface area (Å²) in [5, 5.41) is 29.6. The van der Waals surface area contributed by atoms with Crippen LogP contribution in [0, 0.1) is 11.8 Å². The summed E-state index contributed by atoms with van der Waals surface area (Å²) in [5.74, 6) is -3.29. The highest BCUT2D eigenvalue weighted by Crippen LogP contribution is 2.43. The maximum absolute atomic E-state index is 12.8. The van der Waals surface area contributed by atoms with E-state index in [-0.39, 0.29) is 36.9 Å². The molecule has 350 valence electrons. The molecule has 61 heavy (non-hydrogen) atoms. The zero-order chi connectivity index (χ0) is 45.1. The molecule has 1 fully saturated rings. The van der Waals surface area contributed by atoms with Crippen molar-refractivity contribution < 1.29 is 62.5 Å². The number of nitrogens with two attached hydrogens (primary N) is 1. The molecule has 0 aliphatic heterocycles. The smallest absolute Gasteiger partial charge is 0.472 e. The Labute approximate surface area is 365 Å². The normalized spacial score (nSPS) is 19.6. The zero-order valence-electron chi connectivity index (χ0n) is 37.0. The molecule has 0 saturated heterocycles. The van der Waals surface area contributed by atoms with Gasteiger partial charge in [0.15, 0.2) is 6.10 Å². The monoisotopic (exact) mass is 884 g/mol. The van der Waals surface area contributed by atoms with E-state index in [4.69, 9.17) is 24.8 Å². The lowest BCUT2D eigenvalue weighted by molar-refractivity contribution is -0.161. The average molecular weight is 884 g/mol. The van der Waals surface area contributed by atoms with Crippen molar-refractivity contribution in [3.05, 3.63) is 48.6 Å². The molecule has 0 radical (unpaired) electrons. The van der Waals surface area contributed by atoms with Gasteiger partial charge in [-0.2, -0.15) is 0 Å². The lowest BCUT2D eigenvalue weighted by Crippen LogP contribution is -2.34. The van der Waals surface area contributed by atoms with Crippen molar-refractivity contribution in [1.29, 1.82) is 0 Å². The van der Waals surface area contributed by atoms with E-state index >= 15 is 0 Å². The Hall–Kier alpha value is -2.97. The summed E-state index contributed by atoms with van der Waals surface area (Å²) in [4.78, 5) is 58.8. The topological polar surface area (TPSA) is 229 Å². The van der Waals surface area contributed by atoms with Gasteiger partial charge in [0.2, 0.25) is 0 Å². The predicted molar refractivity (Wildman–Crippen MR) is 236 cm³/mol. The number of carbonyl (C=O) groups is 4. The van der Waals surface area contributed by atoms with Crippen molar-refractivity contribution in [3.8, 4) is 0 Å². The van der Waals surface area contributed by atoms with Gasteiger partial charge in [0, 0.05) is 31.1 Å². The van der Waals surface area contributed by atoms with Crippen LogP contribution in [-0.2, 0) is 42.3 Å².